The molecule has 2 atom stereocenters. The highest BCUT2D eigenvalue weighted by molar-refractivity contribution is 7.12. The Balaban J connectivity index is 1.30. The van der Waals surface area contributed by atoms with Gasteiger partial charge in [0.25, 0.3) is 5.91 Å². The molecule has 0 spiro atoms. The monoisotopic (exact) mass is 372 g/mol. The van der Waals surface area contributed by atoms with Gasteiger partial charge in [0.1, 0.15) is 0 Å². The molecule has 6 nitrogen and oxygen atoms in total. The smallest absolute Gasteiger partial charge is 0.263 e. The third-order valence-electron chi connectivity index (χ3n) is 5.52. The molecule has 26 heavy (non-hydrogen) atoms. The van der Waals surface area contributed by atoms with Crippen molar-refractivity contribution < 1.29 is 9.90 Å². The standard InChI is InChI=1S/C19H24N4O2S/c24-17-13-23(12-14(17)10-15-11-20-5-6-21-15)16-3-7-22(8-4-16)19(25)18-2-1-9-26-18/h1-2,5-6,9,11,14,16-17,24H,3-4,7-8,10,12-13H2/t14-,17-/m1/s1. The molecule has 2 fully saturated rings. The van der Waals surface area contributed by atoms with Gasteiger partial charge in [-0.3, -0.25) is 19.7 Å². The van der Waals surface area contributed by atoms with Crippen LogP contribution in [0.25, 0.3) is 0 Å². The number of hydrogen-bond acceptors (Lipinski definition) is 6. The highest BCUT2D eigenvalue weighted by Crippen LogP contribution is 2.27. The van der Waals surface area contributed by atoms with Gasteiger partial charge in [0.05, 0.1) is 16.7 Å². The molecule has 0 saturated carbocycles. The Bertz CT molecular complexity index is 716. The molecule has 1 amide bonds. The topological polar surface area (TPSA) is 69.6 Å². The van der Waals surface area contributed by atoms with Crippen molar-refractivity contribution in [3.05, 3.63) is 46.7 Å². The van der Waals surface area contributed by atoms with E-state index in [1.165, 1.54) is 11.3 Å². The Morgan fingerprint density at radius 3 is 2.81 bits per heavy atom. The summed E-state index contributed by atoms with van der Waals surface area (Å²) in [4.78, 5) is 26.1. The van der Waals surface area contributed by atoms with Gasteiger partial charge in [-0.2, -0.15) is 0 Å². The van der Waals surface area contributed by atoms with Crippen molar-refractivity contribution in [1.29, 1.82) is 0 Å². The summed E-state index contributed by atoms with van der Waals surface area (Å²) in [5.41, 5.74) is 0.940. The summed E-state index contributed by atoms with van der Waals surface area (Å²) in [5.74, 6) is 0.359. The lowest BCUT2D eigenvalue weighted by atomic mass is 10.00. The molecule has 2 aromatic heterocycles. The summed E-state index contributed by atoms with van der Waals surface area (Å²) < 4.78 is 0. The average molecular weight is 372 g/mol. The fourth-order valence-corrected chi connectivity index (χ4v) is 4.77. The highest BCUT2D eigenvalue weighted by atomic mass is 32.1. The van der Waals surface area contributed by atoms with Gasteiger partial charge in [0, 0.05) is 56.7 Å². The van der Waals surface area contributed by atoms with Crippen LogP contribution in [0.2, 0.25) is 0 Å². The summed E-state index contributed by atoms with van der Waals surface area (Å²) in [7, 11) is 0. The third-order valence-corrected chi connectivity index (χ3v) is 6.38. The molecular weight excluding hydrogens is 348 g/mol. The predicted octanol–water partition coefficient (Wildman–Crippen LogP) is 1.68. The second-order valence-electron chi connectivity index (χ2n) is 7.18. The van der Waals surface area contributed by atoms with Gasteiger partial charge in [0.15, 0.2) is 0 Å². The van der Waals surface area contributed by atoms with Crippen LogP contribution >= 0.6 is 11.3 Å². The lowest BCUT2D eigenvalue weighted by Gasteiger charge is -2.36. The number of thiophene rings is 1. The van der Waals surface area contributed by atoms with Crippen LogP contribution in [0.5, 0.6) is 0 Å². The number of aliphatic hydroxyl groups is 1. The molecule has 0 bridgehead atoms. The minimum atomic E-state index is -0.317. The molecule has 0 radical (unpaired) electrons. The van der Waals surface area contributed by atoms with Gasteiger partial charge in [-0.25, -0.2) is 0 Å². The number of aliphatic hydroxyl groups excluding tert-OH is 1. The van der Waals surface area contributed by atoms with Crippen molar-refractivity contribution >= 4 is 17.2 Å². The predicted molar refractivity (Wildman–Crippen MR) is 100 cm³/mol. The largest absolute Gasteiger partial charge is 0.391 e. The van der Waals surface area contributed by atoms with Crippen molar-refractivity contribution in [2.75, 3.05) is 26.2 Å². The maximum Gasteiger partial charge on any atom is 0.263 e. The molecule has 2 aromatic rings. The maximum absolute atomic E-state index is 12.5. The second kappa shape index (κ2) is 7.82. The van der Waals surface area contributed by atoms with Gasteiger partial charge < -0.3 is 10.0 Å². The Labute approximate surface area is 157 Å². The summed E-state index contributed by atoms with van der Waals surface area (Å²) in [6.07, 6.45) is 7.55. The first-order valence-electron chi connectivity index (χ1n) is 9.20. The van der Waals surface area contributed by atoms with Crippen LogP contribution in [0.3, 0.4) is 0 Å². The van der Waals surface area contributed by atoms with Crippen molar-refractivity contribution in [3.8, 4) is 0 Å². The van der Waals surface area contributed by atoms with E-state index in [0.717, 1.165) is 49.5 Å². The van der Waals surface area contributed by atoms with Crippen LogP contribution in [0, 0.1) is 5.92 Å². The molecule has 2 saturated heterocycles. The first kappa shape index (κ1) is 17.6. The molecule has 2 aliphatic heterocycles. The number of rotatable bonds is 4. The lowest BCUT2D eigenvalue weighted by Crippen LogP contribution is -2.46. The number of carbonyl (C=O) groups is 1. The van der Waals surface area contributed by atoms with Crippen LogP contribution in [0.15, 0.2) is 36.1 Å². The number of likely N-dealkylation sites (tertiary alicyclic amines) is 2. The van der Waals surface area contributed by atoms with E-state index < -0.39 is 0 Å². The number of amides is 1. The van der Waals surface area contributed by atoms with Crippen LogP contribution in [-0.2, 0) is 6.42 Å². The molecule has 4 heterocycles. The van der Waals surface area contributed by atoms with Crippen molar-refractivity contribution in [2.24, 2.45) is 5.92 Å². The second-order valence-corrected chi connectivity index (χ2v) is 8.13. The van der Waals surface area contributed by atoms with E-state index in [1.807, 2.05) is 22.4 Å². The molecule has 138 valence electrons. The van der Waals surface area contributed by atoms with Gasteiger partial charge in [-0.05, 0) is 30.7 Å². The van der Waals surface area contributed by atoms with Gasteiger partial charge in [-0.15, -0.1) is 11.3 Å². The summed E-state index contributed by atoms with van der Waals surface area (Å²) >= 11 is 1.51. The summed E-state index contributed by atoms with van der Waals surface area (Å²) in [6, 6.07) is 4.27. The zero-order valence-electron chi connectivity index (χ0n) is 14.7. The highest BCUT2D eigenvalue weighted by Gasteiger charge is 2.37. The normalized spacial score (nSPS) is 24.9. The van der Waals surface area contributed by atoms with E-state index in [0.29, 0.717) is 12.6 Å². The quantitative estimate of drug-likeness (QED) is 0.884. The van der Waals surface area contributed by atoms with Crippen molar-refractivity contribution in [2.45, 2.75) is 31.4 Å². The number of aromatic nitrogens is 2. The molecule has 4 rings (SSSR count). The minimum absolute atomic E-state index is 0.153. The third kappa shape index (κ3) is 3.79. The van der Waals surface area contributed by atoms with E-state index in [9.17, 15) is 9.90 Å². The zero-order chi connectivity index (χ0) is 17.9. The number of nitrogens with zero attached hydrogens (tertiary/aromatic N) is 4. The lowest BCUT2D eigenvalue weighted by molar-refractivity contribution is 0.0632. The van der Waals surface area contributed by atoms with Crippen LogP contribution in [0.4, 0.5) is 0 Å². The zero-order valence-corrected chi connectivity index (χ0v) is 15.5. The molecule has 2 aliphatic rings. The molecular formula is C19H24N4O2S. The Morgan fingerprint density at radius 1 is 1.27 bits per heavy atom. The summed E-state index contributed by atoms with van der Waals surface area (Å²) in [5, 5.41) is 12.4. The van der Waals surface area contributed by atoms with E-state index in [2.05, 4.69) is 14.9 Å². The average Bonchev–Trinajstić information content (AvgIpc) is 3.33. The Hall–Kier alpha value is -1.83. The van der Waals surface area contributed by atoms with Crippen molar-refractivity contribution in [1.82, 2.24) is 19.8 Å². The van der Waals surface area contributed by atoms with Gasteiger partial charge in [-0.1, -0.05) is 6.07 Å². The molecule has 1 N–H and O–H groups in total. The fourth-order valence-electron chi connectivity index (χ4n) is 4.08. The Kier molecular flexibility index (Phi) is 5.28. The van der Waals surface area contributed by atoms with E-state index >= 15 is 0 Å². The number of β-amino-alcohol motifs (C(OH)–C–C–N with tert-alkyl or cyclic N) is 1. The van der Waals surface area contributed by atoms with Gasteiger partial charge in [0.2, 0.25) is 0 Å². The van der Waals surface area contributed by atoms with E-state index in [1.54, 1.807) is 18.6 Å². The first-order chi connectivity index (χ1) is 12.7. The maximum atomic E-state index is 12.5. The van der Waals surface area contributed by atoms with Crippen LogP contribution < -0.4 is 0 Å². The first-order valence-corrected chi connectivity index (χ1v) is 10.1. The molecule has 7 heteroatoms. The number of piperidine rings is 1. The Morgan fingerprint density at radius 2 is 2.12 bits per heavy atom. The minimum Gasteiger partial charge on any atom is -0.391 e. The van der Waals surface area contributed by atoms with E-state index in [4.69, 9.17) is 0 Å². The van der Waals surface area contributed by atoms with Crippen LogP contribution in [-0.4, -0.2) is 69.1 Å². The van der Waals surface area contributed by atoms with Crippen LogP contribution in [0.1, 0.15) is 28.2 Å². The number of hydrogen-bond donors (Lipinski definition) is 1. The molecule has 0 unspecified atom stereocenters. The van der Waals surface area contributed by atoms with Gasteiger partial charge >= 0.3 is 0 Å². The number of carbonyl (C=O) groups excluding carboxylic acids is 1. The molecule has 0 aromatic carbocycles. The van der Waals surface area contributed by atoms with E-state index in [-0.39, 0.29) is 17.9 Å². The SMILES string of the molecule is O=C(c1cccs1)N1CCC(N2C[C@@H](Cc3cnccn3)[C@H](O)C2)CC1. The fraction of sp³-hybridized carbons (Fsp3) is 0.526. The molecule has 0 aliphatic carbocycles. The van der Waals surface area contributed by atoms with Crippen molar-refractivity contribution in [3.63, 3.8) is 0 Å². The summed E-state index contributed by atoms with van der Waals surface area (Å²) in [6.45, 7) is 3.20.